The highest BCUT2D eigenvalue weighted by Crippen LogP contribution is 2.26. The minimum atomic E-state index is -2.01. The molecule has 6 N–H and O–H groups in total. The molecule has 0 aliphatic carbocycles. The van der Waals surface area contributed by atoms with Gasteiger partial charge in [-0.2, -0.15) is 0 Å². The minimum Gasteiger partial charge on any atom is -0.504 e. The molecule has 28 heavy (non-hydrogen) atoms. The molecule has 146 valence electrons. The molecular formula is C20H18O8. The van der Waals surface area contributed by atoms with Crippen molar-refractivity contribution in [1.82, 2.24) is 0 Å². The number of hydrogen-bond acceptors (Lipinski definition) is 8. The Morgan fingerprint density at radius 2 is 1.00 bits per heavy atom. The summed E-state index contributed by atoms with van der Waals surface area (Å²) < 4.78 is 0. The third-order valence-corrected chi connectivity index (χ3v) is 3.76. The Balaban J connectivity index is 2.02. The Labute approximate surface area is 159 Å². The zero-order valence-corrected chi connectivity index (χ0v) is 14.4. The predicted octanol–water partition coefficient (Wildman–Crippen LogP) is 1.10. The normalized spacial score (nSPS) is 13.6. The number of hydrogen-bond donors (Lipinski definition) is 6. The van der Waals surface area contributed by atoms with Crippen molar-refractivity contribution in [3.05, 3.63) is 59.7 Å². The molecule has 2 rings (SSSR count). The minimum absolute atomic E-state index is 0.335. The monoisotopic (exact) mass is 386 g/mol. The van der Waals surface area contributed by atoms with E-state index >= 15 is 0 Å². The van der Waals surface area contributed by atoms with Gasteiger partial charge in [0.1, 0.15) is 12.2 Å². The van der Waals surface area contributed by atoms with Gasteiger partial charge in [-0.3, -0.25) is 9.59 Å². The highest BCUT2D eigenvalue weighted by atomic mass is 16.3. The molecule has 2 aromatic rings. The highest BCUT2D eigenvalue weighted by molar-refractivity contribution is 6.04. The highest BCUT2D eigenvalue weighted by Gasteiger charge is 2.27. The lowest BCUT2D eigenvalue weighted by Crippen LogP contribution is -2.38. The van der Waals surface area contributed by atoms with Crippen molar-refractivity contribution in [3.63, 3.8) is 0 Å². The van der Waals surface area contributed by atoms with Gasteiger partial charge in [0.05, 0.1) is 0 Å². The fraction of sp³-hybridized carbons (Fsp3) is 0.100. The van der Waals surface area contributed by atoms with E-state index in [1.54, 1.807) is 0 Å². The average Bonchev–Trinajstić information content (AvgIpc) is 2.68. The zero-order valence-electron chi connectivity index (χ0n) is 14.4. The topological polar surface area (TPSA) is 156 Å². The molecule has 0 heterocycles. The summed E-state index contributed by atoms with van der Waals surface area (Å²) in [5.74, 6) is -3.34. The molecule has 2 unspecified atom stereocenters. The van der Waals surface area contributed by atoms with E-state index in [-0.39, 0.29) is 11.5 Å². The van der Waals surface area contributed by atoms with Gasteiger partial charge >= 0.3 is 0 Å². The Hall–Kier alpha value is -3.62. The van der Waals surface area contributed by atoms with Crippen LogP contribution in [-0.4, -0.2) is 54.4 Å². The van der Waals surface area contributed by atoms with Gasteiger partial charge in [0.15, 0.2) is 34.6 Å². The summed E-state index contributed by atoms with van der Waals surface area (Å²) in [7, 11) is 0. The van der Waals surface area contributed by atoms with E-state index in [0.29, 0.717) is 11.1 Å². The van der Waals surface area contributed by atoms with Crippen LogP contribution in [-0.2, 0) is 9.59 Å². The van der Waals surface area contributed by atoms with Crippen LogP contribution in [0.2, 0.25) is 0 Å². The molecule has 8 nitrogen and oxygen atoms in total. The summed E-state index contributed by atoms with van der Waals surface area (Å²) in [6.07, 6.45) is 0.303. The molecule has 2 aromatic carbocycles. The summed E-state index contributed by atoms with van der Waals surface area (Å²) >= 11 is 0. The second kappa shape index (κ2) is 8.85. The molecule has 0 amide bonds. The van der Waals surface area contributed by atoms with E-state index in [2.05, 4.69) is 0 Å². The average molecular weight is 386 g/mol. The van der Waals surface area contributed by atoms with E-state index in [9.17, 15) is 40.2 Å². The Kier molecular flexibility index (Phi) is 6.54. The number of aromatic hydroxyl groups is 4. The maximum Gasteiger partial charge on any atom is 0.187 e. The maximum absolute atomic E-state index is 11.9. The second-order valence-electron chi connectivity index (χ2n) is 5.86. The first kappa shape index (κ1) is 20.7. The van der Waals surface area contributed by atoms with Gasteiger partial charge in [-0.1, -0.05) is 24.3 Å². The Morgan fingerprint density at radius 3 is 1.32 bits per heavy atom. The molecule has 0 aliphatic heterocycles. The standard InChI is InChI=1S/C20H18O8/c21-13-5-1-11(9-17(13)25)3-7-15(23)19(27)20(28)16(24)8-4-12-2-6-14(22)18(26)10-12/h1-10,19-22,25-28H/b7-3+,8-4+. The van der Waals surface area contributed by atoms with Gasteiger partial charge < -0.3 is 30.6 Å². The van der Waals surface area contributed by atoms with Gasteiger partial charge in [0.25, 0.3) is 0 Å². The number of ketones is 2. The van der Waals surface area contributed by atoms with Crippen molar-refractivity contribution in [2.75, 3.05) is 0 Å². The van der Waals surface area contributed by atoms with Gasteiger partial charge in [0.2, 0.25) is 0 Å². The van der Waals surface area contributed by atoms with Crippen LogP contribution in [0.25, 0.3) is 12.2 Å². The third kappa shape index (κ3) is 5.19. The van der Waals surface area contributed by atoms with Crippen LogP contribution in [0.4, 0.5) is 0 Å². The summed E-state index contributed by atoms with van der Waals surface area (Å²) in [6, 6.07) is 7.59. The molecule has 0 aromatic heterocycles. The zero-order chi connectivity index (χ0) is 20.8. The number of carbonyl (C=O) groups excluding carboxylic acids is 2. The molecule has 0 radical (unpaired) electrons. The van der Waals surface area contributed by atoms with Crippen LogP contribution in [0.1, 0.15) is 11.1 Å². The van der Waals surface area contributed by atoms with Crippen LogP contribution in [0, 0.1) is 0 Å². The summed E-state index contributed by atoms with van der Waals surface area (Å²) in [5.41, 5.74) is 0.701. The van der Waals surface area contributed by atoms with Crippen LogP contribution in [0.5, 0.6) is 23.0 Å². The molecule has 0 saturated heterocycles. The summed E-state index contributed by atoms with van der Waals surface area (Å²) in [5, 5.41) is 56.9. The number of phenols is 4. The van der Waals surface area contributed by atoms with E-state index in [4.69, 9.17) is 0 Å². The van der Waals surface area contributed by atoms with Crippen molar-refractivity contribution >= 4 is 23.7 Å². The number of carbonyl (C=O) groups is 2. The van der Waals surface area contributed by atoms with Crippen molar-refractivity contribution in [3.8, 4) is 23.0 Å². The lowest BCUT2D eigenvalue weighted by atomic mass is 10.0. The SMILES string of the molecule is O=C(/C=C/c1ccc(O)c(O)c1)C(O)C(O)C(=O)/C=C/c1ccc(O)c(O)c1. The molecule has 0 fully saturated rings. The molecule has 2 atom stereocenters. The fourth-order valence-electron chi connectivity index (χ4n) is 2.15. The Morgan fingerprint density at radius 1 is 0.643 bits per heavy atom. The van der Waals surface area contributed by atoms with Crippen LogP contribution < -0.4 is 0 Å². The number of aliphatic hydroxyl groups excluding tert-OH is 2. The quantitative estimate of drug-likeness (QED) is 0.305. The van der Waals surface area contributed by atoms with Crippen LogP contribution in [0.15, 0.2) is 48.6 Å². The Bertz CT molecular complexity index is 868. The van der Waals surface area contributed by atoms with E-state index in [1.165, 1.54) is 48.6 Å². The van der Waals surface area contributed by atoms with Gasteiger partial charge in [-0.15, -0.1) is 0 Å². The third-order valence-electron chi connectivity index (χ3n) is 3.76. The smallest absolute Gasteiger partial charge is 0.187 e. The largest absolute Gasteiger partial charge is 0.504 e. The first-order chi connectivity index (χ1) is 13.2. The number of benzene rings is 2. The fourth-order valence-corrected chi connectivity index (χ4v) is 2.15. The molecule has 8 heteroatoms. The van der Waals surface area contributed by atoms with Crippen molar-refractivity contribution in [2.45, 2.75) is 12.2 Å². The van der Waals surface area contributed by atoms with Crippen molar-refractivity contribution < 1.29 is 40.2 Å². The van der Waals surface area contributed by atoms with E-state index < -0.39 is 35.3 Å². The van der Waals surface area contributed by atoms with Crippen LogP contribution >= 0.6 is 0 Å². The first-order valence-corrected chi connectivity index (χ1v) is 8.03. The van der Waals surface area contributed by atoms with Gasteiger partial charge in [-0.05, 0) is 47.5 Å². The van der Waals surface area contributed by atoms with E-state index in [1.807, 2.05) is 0 Å². The van der Waals surface area contributed by atoms with Crippen LogP contribution in [0.3, 0.4) is 0 Å². The first-order valence-electron chi connectivity index (χ1n) is 8.03. The summed E-state index contributed by atoms with van der Waals surface area (Å²) in [6.45, 7) is 0. The van der Waals surface area contributed by atoms with Crippen molar-refractivity contribution in [1.29, 1.82) is 0 Å². The van der Waals surface area contributed by atoms with Gasteiger partial charge in [-0.25, -0.2) is 0 Å². The lowest BCUT2D eigenvalue weighted by Gasteiger charge is -2.12. The molecule has 0 saturated carbocycles. The summed E-state index contributed by atoms with van der Waals surface area (Å²) in [4.78, 5) is 23.8. The number of rotatable bonds is 7. The maximum atomic E-state index is 11.9. The second-order valence-corrected chi connectivity index (χ2v) is 5.86. The number of aliphatic hydroxyl groups is 2. The molecule has 0 spiro atoms. The number of phenolic OH excluding ortho intramolecular Hbond substituents is 4. The van der Waals surface area contributed by atoms with Gasteiger partial charge in [0, 0.05) is 0 Å². The molecular weight excluding hydrogens is 368 g/mol. The van der Waals surface area contributed by atoms with Crippen molar-refractivity contribution in [2.24, 2.45) is 0 Å². The van der Waals surface area contributed by atoms with E-state index in [0.717, 1.165) is 12.2 Å². The lowest BCUT2D eigenvalue weighted by molar-refractivity contribution is -0.137. The molecule has 0 bridgehead atoms. The molecule has 0 aliphatic rings. The predicted molar refractivity (Wildman–Crippen MR) is 99.6 cm³/mol.